The van der Waals surface area contributed by atoms with Crippen molar-refractivity contribution in [3.63, 3.8) is 0 Å². The zero-order valence-electron chi connectivity index (χ0n) is 34.3. The predicted octanol–water partition coefficient (Wildman–Crippen LogP) is 7.95. The average molecular weight is 846 g/mol. The molecule has 4 aliphatic rings. The van der Waals surface area contributed by atoms with E-state index in [1.165, 1.54) is 10.4 Å². The van der Waals surface area contributed by atoms with Crippen LogP contribution in [0.3, 0.4) is 0 Å². The van der Waals surface area contributed by atoms with Gasteiger partial charge in [0, 0.05) is 47.6 Å². The molecule has 2 saturated carbocycles. The molecule has 1 spiro atoms. The number of ether oxygens (including phenoxy) is 3. The smallest absolute Gasteiger partial charge is 0.272 e. The topological polar surface area (TPSA) is 153 Å². The second-order valence-corrected chi connectivity index (χ2v) is 18.1. The van der Waals surface area contributed by atoms with Crippen LogP contribution in [0, 0.1) is 32.1 Å². The molecule has 13 nitrogen and oxygen atoms in total. The van der Waals surface area contributed by atoms with Crippen LogP contribution in [0.15, 0.2) is 59.6 Å². The molecule has 3 atom stereocenters. The van der Waals surface area contributed by atoms with Gasteiger partial charge in [-0.25, -0.2) is 0 Å². The largest absolute Gasteiger partial charge is 0.490 e. The van der Waals surface area contributed by atoms with E-state index in [0.29, 0.717) is 48.3 Å². The number of aromatic nitrogens is 5. The van der Waals surface area contributed by atoms with E-state index < -0.39 is 0 Å². The van der Waals surface area contributed by atoms with Crippen LogP contribution in [0.2, 0.25) is 5.02 Å². The summed E-state index contributed by atoms with van der Waals surface area (Å²) in [6.07, 6.45) is 5.91. The first-order valence-corrected chi connectivity index (χ1v) is 22.0. The predicted molar refractivity (Wildman–Crippen MR) is 230 cm³/mol. The Balaban J connectivity index is 0.761. The number of hydrogen-bond donors (Lipinski definition) is 1. The first-order valence-electron chi connectivity index (χ1n) is 20.8. The van der Waals surface area contributed by atoms with Crippen molar-refractivity contribution in [1.82, 2.24) is 30.3 Å². The van der Waals surface area contributed by atoms with Gasteiger partial charge in [0.15, 0.2) is 17.3 Å². The van der Waals surface area contributed by atoms with Crippen molar-refractivity contribution < 1.29 is 19.0 Å². The molecule has 2 aromatic carbocycles. The fourth-order valence-corrected chi connectivity index (χ4v) is 10.4. The molecule has 1 amide bonds. The molecule has 1 N–H and O–H groups in total. The third-order valence-electron chi connectivity index (χ3n) is 12.4. The number of carbonyl (C=O) groups is 1. The summed E-state index contributed by atoms with van der Waals surface area (Å²) in [6, 6.07) is 19.3. The van der Waals surface area contributed by atoms with E-state index in [-0.39, 0.29) is 35.8 Å². The Bertz CT molecular complexity index is 2470. The molecule has 0 radical (unpaired) electrons. The SMILES string of the molecule is Cc1sc2c(c1C)C(c1ccc(COC3CCC4(C3)CN(c3ccc(C(=O)NC5CCC(Oc6ccc(C#N)c(Cl)c6)CC5)nn3)CCO4)cc1)=N[C@@H](C)c1nnc(C)n1-2. The minimum absolute atomic E-state index is 0.0233. The maximum absolute atomic E-state index is 13.1. The van der Waals surface area contributed by atoms with E-state index in [2.05, 4.69) is 86.3 Å². The van der Waals surface area contributed by atoms with Gasteiger partial charge in [0.05, 0.1) is 47.3 Å². The Morgan fingerprint density at radius 3 is 2.58 bits per heavy atom. The molecule has 3 aromatic heterocycles. The highest BCUT2D eigenvalue weighted by atomic mass is 35.5. The van der Waals surface area contributed by atoms with E-state index in [1.54, 1.807) is 35.6 Å². The van der Waals surface area contributed by atoms with Gasteiger partial charge in [-0.05, 0) is 102 Å². The van der Waals surface area contributed by atoms with Crippen molar-refractivity contribution in [3.8, 4) is 16.8 Å². The number of thiophene rings is 1. The van der Waals surface area contributed by atoms with E-state index in [1.807, 2.05) is 13.0 Å². The molecule has 2 aliphatic carbocycles. The van der Waals surface area contributed by atoms with Crippen LogP contribution in [-0.4, -0.2) is 80.1 Å². The van der Waals surface area contributed by atoms with E-state index in [0.717, 1.165) is 89.8 Å². The number of nitrogens with zero attached hydrogens (tertiary/aromatic N) is 8. The van der Waals surface area contributed by atoms with Crippen molar-refractivity contribution in [2.24, 2.45) is 4.99 Å². The van der Waals surface area contributed by atoms with Crippen LogP contribution in [0.25, 0.3) is 5.00 Å². The number of morpholine rings is 1. The molecule has 310 valence electrons. The van der Waals surface area contributed by atoms with Crippen molar-refractivity contribution in [1.29, 1.82) is 5.26 Å². The maximum Gasteiger partial charge on any atom is 0.272 e. The van der Waals surface area contributed by atoms with Gasteiger partial charge in [0.1, 0.15) is 28.7 Å². The second-order valence-electron chi connectivity index (χ2n) is 16.5. The number of aliphatic imine (C=N–C) groups is 1. The molecule has 2 aliphatic heterocycles. The number of anilines is 1. The lowest BCUT2D eigenvalue weighted by atomic mass is 9.93. The number of halogens is 1. The standard InChI is InChI=1S/C45H48ClN9O4S/c1-26-28(3)60-44-40(26)41(48-27(2)42-53-50-29(4)55(42)44)31-7-5-30(6-8-31)24-57-36-17-18-45(22-36)25-54(19-20-58-45)39-16-15-38(51-52-39)43(56)49-33-10-13-34(14-11-33)59-35-12-9-32(23-47)37(46)21-35/h5-9,12,15-16,21,27,33-34,36H,10-11,13-14,17-20,22,24-25H2,1-4H3,(H,49,56)/t27-,33?,34?,36?,45?/m0/s1. The van der Waals surface area contributed by atoms with Gasteiger partial charge >= 0.3 is 0 Å². The Morgan fingerprint density at radius 2 is 1.83 bits per heavy atom. The van der Waals surface area contributed by atoms with Crippen LogP contribution >= 0.6 is 22.9 Å². The lowest BCUT2D eigenvalue weighted by molar-refractivity contribution is -0.0640. The number of aryl methyl sites for hydroxylation is 2. The molecule has 0 bridgehead atoms. The maximum atomic E-state index is 13.1. The van der Waals surface area contributed by atoms with Crippen LogP contribution in [0.5, 0.6) is 5.75 Å². The molecular formula is C45H48ClN9O4S. The molecule has 2 unspecified atom stereocenters. The monoisotopic (exact) mass is 845 g/mol. The fraction of sp³-hybridized carbons (Fsp3) is 0.444. The summed E-state index contributed by atoms with van der Waals surface area (Å²) < 4.78 is 21.2. The summed E-state index contributed by atoms with van der Waals surface area (Å²) in [6.45, 7) is 10.9. The number of amides is 1. The molecule has 15 heteroatoms. The van der Waals surface area contributed by atoms with Gasteiger partial charge in [0.2, 0.25) is 0 Å². The number of benzene rings is 2. The normalized spacial score (nSPS) is 23.7. The van der Waals surface area contributed by atoms with Crippen LogP contribution in [0.4, 0.5) is 5.82 Å². The highest BCUT2D eigenvalue weighted by Gasteiger charge is 2.44. The molecule has 1 saturated heterocycles. The minimum atomic E-state index is -0.316. The summed E-state index contributed by atoms with van der Waals surface area (Å²) in [5, 5.41) is 31.4. The Morgan fingerprint density at radius 1 is 1.02 bits per heavy atom. The van der Waals surface area contributed by atoms with Crippen LogP contribution in [-0.2, 0) is 16.1 Å². The van der Waals surface area contributed by atoms with Crippen molar-refractivity contribution in [2.45, 2.75) is 109 Å². The molecule has 5 aromatic rings. The molecule has 9 rings (SSSR count). The molecule has 60 heavy (non-hydrogen) atoms. The summed E-state index contributed by atoms with van der Waals surface area (Å²) in [5.41, 5.74) is 5.99. The highest BCUT2D eigenvalue weighted by Crippen LogP contribution is 2.40. The number of hydrogen-bond acceptors (Lipinski definition) is 12. The lowest BCUT2D eigenvalue weighted by Gasteiger charge is -2.41. The zero-order chi connectivity index (χ0) is 41.5. The number of carbonyl (C=O) groups excluding carboxylic acids is 1. The first kappa shape index (κ1) is 40.2. The van der Waals surface area contributed by atoms with Crippen LogP contribution < -0.4 is 15.0 Å². The Hall–Kier alpha value is -5.20. The first-order chi connectivity index (χ1) is 29.1. The summed E-state index contributed by atoms with van der Waals surface area (Å²) in [4.78, 5) is 21.8. The average Bonchev–Trinajstić information content (AvgIpc) is 3.91. The van der Waals surface area contributed by atoms with Gasteiger partial charge in [-0.2, -0.15) is 5.26 Å². The van der Waals surface area contributed by atoms with E-state index in [4.69, 9.17) is 36.1 Å². The molecule has 5 heterocycles. The van der Waals surface area contributed by atoms with Crippen molar-refractivity contribution in [2.75, 3.05) is 24.6 Å². The van der Waals surface area contributed by atoms with Crippen molar-refractivity contribution in [3.05, 3.63) is 110 Å². The van der Waals surface area contributed by atoms with Gasteiger partial charge < -0.3 is 24.4 Å². The summed E-state index contributed by atoms with van der Waals surface area (Å²) >= 11 is 7.94. The van der Waals surface area contributed by atoms with Gasteiger partial charge in [-0.3, -0.25) is 14.4 Å². The third kappa shape index (κ3) is 8.03. The van der Waals surface area contributed by atoms with E-state index in [9.17, 15) is 4.79 Å². The van der Waals surface area contributed by atoms with E-state index >= 15 is 0 Å². The van der Waals surface area contributed by atoms with Gasteiger partial charge in [0.25, 0.3) is 5.91 Å². The Labute approximate surface area is 358 Å². The molecular weight excluding hydrogens is 798 g/mol. The zero-order valence-corrected chi connectivity index (χ0v) is 35.9. The number of nitrogens with one attached hydrogen (secondary N) is 1. The van der Waals surface area contributed by atoms with Crippen molar-refractivity contribution >= 4 is 40.4 Å². The number of fused-ring (bicyclic) bond motifs is 3. The molecule has 3 fully saturated rings. The summed E-state index contributed by atoms with van der Waals surface area (Å²) in [5.74, 6) is 2.90. The van der Waals surface area contributed by atoms with Gasteiger partial charge in [-0.1, -0.05) is 35.9 Å². The van der Waals surface area contributed by atoms with Crippen LogP contribution in [0.1, 0.15) is 113 Å². The minimum Gasteiger partial charge on any atom is -0.490 e. The fourth-order valence-electron chi connectivity index (χ4n) is 9.01. The number of nitriles is 1. The second kappa shape index (κ2) is 16.7. The third-order valence-corrected chi connectivity index (χ3v) is 13.9. The number of rotatable bonds is 9. The van der Waals surface area contributed by atoms with Gasteiger partial charge in [-0.15, -0.1) is 31.7 Å². The summed E-state index contributed by atoms with van der Waals surface area (Å²) in [7, 11) is 0. The lowest BCUT2D eigenvalue weighted by Crippen LogP contribution is -2.51. The quantitative estimate of drug-likeness (QED) is 0.155. The highest BCUT2D eigenvalue weighted by molar-refractivity contribution is 7.15. The Kier molecular flexibility index (Phi) is 11.2.